The van der Waals surface area contributed by atoms with E-state index in [-0.39, 0.29) is 0 Å². The average Bonchev–Trinajstić information content (AvgIpc) is 2.88. The second-order valence-electron chi connectivity index (χ2n) is 5.55. The molecule has 0 saturated heterocycles. The number of aromatic nitrogens is 2. The van der Waals surface area contributed by atoms with Crippen LogP contribution in [0.25, 0.3) is 11.3 Å². The van der Waals surface area contributed by atoms with Crippen LogP contribution >= 0.6 is 0 Å². The van der Waals surface area contributed by atoms with Gasteiger partial charge in [-0.25, -0.2) is 4.98 Å². The number of benzene rings is 1. The fourth-order valence-electron chi connectivity index (χ4n) is 2.26. The molecule has 2 N–H and O–H groups in total. The lowest BCUT2D eigenvalue weighted by atomic mass is 10.1. The second-order valence-corrected chi connectivity index (χ2v) is 5.55. The van der Waals surface area contributed by atoms with Crippen molar-refractivity contribution in [3.63, 3.8) is 0 Å². The maximum atomic E-state index is 4.45. The molecule has 20 heavy (non-hydrogen) atoms. The summed E-state index contributed by atoms with van der Waals surface area (Å²) >= 11 is 0. The Morgan fingerprint density at radius 1 is 1.15 bits per heavy atom. The molecule has 0 fully saturated rings. The van der Waals surface area contributed by atoms with E-state index < -0.39 is 0 Å². The number of hydrogen-bond acceptors (Lipinski definition) is 2. The Morgan fingerprint density at radius 3 is 2.55 bits per heavy atom. The molecule has 0 spiro atoms. The van der Waals surface area contributed by atoms with Crippen LogP contribution in [0.3, 0.4) is 0 Å². The van der Waals surface area contributed by atoms with Gasteiger partial charge in [0.2, 0.25) is 0 Å². The third-order valence-electron chi connectivity index (χ3n) is 3.35. The van der Waals surface area contributed by atoms with Crippen LogP contribution in [0.5, 0.6) is 0 Å². The molecule has 2 aromatic rings. The number of aryl methyl sites for hydroxylation is 1. The molecule has 3 nitrogen and oxygen atoms in total. The standard InChI is InChI=1S/C17H25N3/c1-4-5-14-6-8-15(9-7-14)16-12-19-17(20-16)10-11-18-13(2)3/h6-9,12-13,18H,4-5,10-11H2,1-3H3,(H,19,20). The number of nitrogens with zero attached hydrogens (tertiary/aromatic N) is 1. The highest BCUT2D eigenvalue weighted by atomic mass is 14.9. The van der Waals surface area contributed by atoms with Crippen molar-refractivity contribution in [2.45, 2.75) is 46.1 Å². The molecule has 1 aromatic carbocycles. The van der Waals surface area contributed by atoms with Crippen LogP contribution in [0.2, 0.25) is 0 Å². The Labute approximate surface area is 121 Å². The topological polar surface area (TPSA) is 40.7 Å². The van der Waals surface area contributed by atoms with Crippen molar-refractivity contribution >= 4 is 0 Å². The van der Waals surface area contributed by atoms with Gasteiger partial charge in [-0.15, -0.1) is 0 Å². The van der Waals surface area contributed by atoms with Gasteiger partial charge in [-0.05, 0) is 17.5 Å². The van der Waals surface area contributed by atoms with Crippen LogP contribution in [0.4, 0.5) is 0 Å². The summed E-state index contributed by atoms with van der Waals surface area (Å²) < 4.78 is 0. The van der Waals surface area contributed by atoms with E-state index in [1.807, 2.05) is 6.20 Å². The zero-order valence-corrected chi connectivity index (χ0v) is 12.7. The number of aromatic amines is 1. The molecule has 0 atom stereocenters. The average molecular weight is 271 g/mol. The molecule has 108 valence electrons. The second kappa shape index (κ2) is 7.25. The summed E-state index contributed by atoms with van der Waals surface area (Å²) in [4.78, 5) is 7.86. The Kier molecular flexibility index (Phi) is 5.36. The minimum absolute atomic E-state index is 0.524. The molecule has 0 aliphatic rings. The van der Waals surface area contributed by atoms with Crippen molar-refractivity contribution < 1.29 is 0 Å². The normalized spacial score (nSPS) is 11.2. The van der Waals surface area contributed by atoms with Gasteiger partial charge in [0.15, 0.2) is 0 Å². The van der Waals surface area contributed by atoms with E-state index in [4.69, 9.17) is 0 Å². The highest BCUT2D eigenvalue weighted by Crippen LogP contribution is 2.18. The third-order valence-corrected chi connectivity index (χ3v) is 3.35. The first-order chi connectivity index (χ1) is 9.69. The van der Waals surface area contributed by atoms with Crippen molar-refractivity contribution in [2.75, 3.05) is 6.54 Å². The summed E-state index contributed by atoms with van der Waals surface area (Å²) in [6.07, 6.45) is 5.21. The predicted molar refractivity (Wildman–Crippen MR) is 84.9 cm³/mol. The van der Waals surface area contributed by atoms with E-state index in [2.05, 4.69) is 60.3 Å². The van der Waals surface area contributed by atoms with E-state index in [9.17, 15) is 0 Å². The van der Waals surface area contributed by atoms with Crippen LogP contribution in [0.1, 0.15) is 38.6 Å². The van der Waals surface area contributed by atoms with Crippen molar-refractivity contribution in [1.82, 2.24) is 15.3 Å². The molecule has 0 aliphatic heterocycles. The monoisotopic (exact) mass is 271 g/mol. The molecule has 2 rings (SSSR count). The van der Waals surface area contributed by atoms with E-state index in [0.717, 1.165) is 30.9 Å². The van der Waals surface area contributed by atoms with Gasteiger partial charge in [0.25, 0.3) is 0 Å². The molecular formula is C17H25N3. The van der Waals surface area contributed by atoms with E-state index in [1.165, 1.54) is 17.5 Å². The fraction of sp³-hybridized carbons (Fsp3) is 0.471. The highest BCUT2D eigenvalue weighted by molar-refractivity contribution is 5.58. The number of hydrogen-bond donors (Lipinski definition) is 2. The minimum atomic E-state index is 0.524. The smallest absolute Gasteiger partial charge is 0.107 e. The summed E-state index contributed by atoms with van der Waals surface area (Å²) in [5, 5.41) is 3.40. The van der Waals surface area contributed by atoms with E-state index in [1.54, 1.807) is 0 Å². The fourth-order valence-corrected chi connectivity index (χ4v) is 2.26. The van der Waals surface area contributed by atoms with Crippen LogP contribution in [-0.4, -0.2) is 22.6 Å². The largest absolute Gasteiger partial charge is 0.342 e. The Morgan fingerprint density at radius 2 is 1.90 bits per heavy atom. The third kappa shape index (κ3) is 4.20. The van der Waals surface area contributed by atoms with Gasteiger partial charge < -0.3 is 10.3 Å². The Balaban J connectivity index is 1.97. The number of imidazole rings is 1. The van der Waals surface area contributed by atoms with Gasteiger partial charge >= 0.3 is 0 Å². The van der Waals surface area contributed by atoms with Gasteiger partial charge in [-0.2, -0.15) is 0 Å². The SMILES string of the molecule is CCCc1ccc(-c2cnc(CCNC(C)C)[nH]2)cc1. The van der Waals surface area contributed by atoms with Gasteiger partial charge in [0.05, 0.1) is 11.9 Å². The quantitative estimate of drug-likeness (QED) is 0.808. The predicted octanol–water partition coefficient (Wildman–Crippen LogP) is 3.57. The van der Waals surface area contributed by atoms with Crippen molar-refractivity contribution in [1.29, 1.82) is 0 Å². The van der Waals surface area contributed by atoms with Crippen molar-refractivity contribution in [3.8, 4) is 11.3 Å². The lowest BCUT2D eigenvalue weighted by Crippen LogP contribution is -2.25. The molecule has 3 heteroatoms. The van der Waals surface area contributed by atoms with Gasteiger partial charge in [-0.3, -0.25) is 0 Å². The lowest BCUT2D eigenvalue weighted by Gasteiger charge is -2.05. The zero-order valence-electron chi connectivity index (χ0n) is 12.7. The summed E-state index contributed by atoms with van der Waals surface area (Å²) in [6.45, 7) is 7.48. The van der Waals surface area contributed by atoms with Crippen LogP contribution in [0.15, 0.2) is 30.5 Å². The van der Waals surface area contributed by atoms with Crippen LogP contribution in [-0.2, 0) is 12.8 Å². The first-order valence-corrected chi connectivity index (χ1v) is 7.55. The lowest BCUT2D eigenvalue weighted by molar-refractivity contribution is 0.584. The summed E-state index contributed by atoms with van der Waals surface area (Å²) in [6, 6.07) is 9.29. The van der Waals surface area contributed by atoms with Crippen LogP contribution in [0, 0.1) is 0 Å². The van der Waals surface area contributed by atoms with E-state index in [0.29, 0.717) is 6.04 Å². The minimum Gasteiger partial charge on any atom is -0.342 e. The molecule has 1 aromatic heterocycles. The molecule has 0 aliphatic carbocycles. The van der Waals surface area contributed by atoms with Crippen molar-refractivity contribution in [2.24, 2.45) is 0 Å². The summed E-state index contributed by atoms with van der Waals surface area (Å²) in [7, 11) is 0. The van der Waals surface area contributed by atoms with Gasteiger partial charge in [0.1, 0.15) is 5.82 Å². The first-order valence-electron chi connectivity index (χ1n) is 7.55. The number of H-pyrrole nitrogens is 1. The Bertz CT molecular complexity index is 511. The summed E-state index contributed by atoms with van der Waals surface area (Å²) in [5.74, 6) is 1.05. The van der Waals surface area contributed by atoms with Gasteiger partial charge in [0, 0.05) is 19.0 Å². The van der Waals surface area contributed by atoms with Gasteiger partial charge in [-0.1, -0.05) is 51.5 Å². The molecule has 0 amide bonds. The molecular weight excluding hydrogens is 246 g/mol. The molecule has 1 heterocycles. The maximum Gasteiger partial charge on any atom is 0.107 e. The van der Waals surface area contributed by atoms with Crippen LogP contribution < -0.4 is 5.32 Å². The molecule has 0 bridgehead atoms. The summed E-state index contributed by atoms with van der Waals surface area (Å²) in [5.41, 5.74) is 3.71. The number of rotatable bonds is 7. The maximum absolute atomic E-state index is 4.45. The molecule has 0 saturated carbocycles. The van der Waals surface area contributed by atoms with E-state index >= 15 is 0 Å². The first kappa shape index (κ1) is 14.8. The zero-order chi connectivity index (χ0) is 14.4. The molecule has 0 radical (unpaired) electrons. The Hall–Kier alpha value is -1.61. The molecule has 0 unspecified atom stereocenters. The number of nitrogens with one attached hydrogen (secondary N) is 2. The van der Waals surface area contributed by atoms with Crippen molar-refractivity contribution in [3.05, 3.63) is 41.9 Å². The highest BCUT2D eigenvalue weighted by Gasteiger charge is 2.03.